The third kappa shape index (κ3) is 2.60. The second kappa shape index (κ2) is 5.81. The maximum Gasteiger partial charge on any atom is 0.160 e. The second-order valence-electron chi connectivity index (χ2n) is 5.34. The van der Waals surface area contributed by atoms with Crippen molar-refractivity contribution in [3.05, 3.63) is 46.5 Å². The van der Waals surface area contributed by atoms with Crippen molar-refractivity contribution in [1.29, 1.82) is 0 Å². The van der Waals surface area contributed by atoms with E-state index in [1.807, 2.05) is 12.3 Å². The van der Waals surface area contributed by atoms with E-state index in [9.17, 15) is 0 Å². The Morgan fingerprint density at radius 2 is 2.24 bits per heavy atom. The van der Waals surface area contributed by atoms with Crippen LogP contribution in [-0.2, 0) is 6.54 Å². The van der Waals surface area contributed by atoms with Crippen LogP contribution in [0.4, 0.5) is 0 Å². The normalized spacial score (nSPS) is 19.1. The van der Waals surface area contributed by atoms with E-state index in [1.54, 1.807) is 11.3 Å². The van der Waals surface area contributed by atoms with E-state index < -0.39 is 0 Å². The average Bonchev–Trinajstić information content (AvgIpc) is 3.17. The van der Waals surface area contributed by atoms with Crippen LogP contribution in [0.3, 0.4) is 0 Å². The standard InChI is InChI=1S/C16H17N3S2/c1-2-9-21-14(7-1)16-18-13-6-3-8-17-15(13)19(16)11-12-5-4-10-20-12/h3-6,8,10,14H,1-2,7,9,11H2. The fraction of sp³-hybridized carbons (Fsp3) is 0.375. The first-order valence-corrected chi connectivity index (χ1v) is 9.30. The Bertz CT molecular complexity index is 727. The number of imidazole rings is 1. The maximum absolute atomic E-state index is 4.90. The van der Waals surface area contributed by atoms with Crippen LogP contribution in [0.5, 0.6) is 0 Å². The molecule has 3 aromatic heterocycles. The summed E-state index contributed by atoms with van der Waals surface area (Å²) in [4.78, 5) is 10.8. The molecule has 0 amide bonds. The van der Waals surface area contributed by atoms with Gasteiger partial charge in [0.15, 0.2) is 5.65 Å². The predicted octanol–water partition coefficient (Wildman–Crippen LogP) is 4.50. The molecule has 21 heavy (non-hydrogen) atoms. The minimum atomic E-state index is 0.521. The summed E-state index contributed by atoms with van der Waals surface area (Å²) >= 11 is 3.85. The number of thioether (sulfide) groups is 1. The molecule has 1 atom stereocenters. The van der Waals surface area contributed by atoms with Gasteiger partial charge in [0.25, 0.3) is 0 Å². The van der Waals surface area contributed by atoms with Crippen LogP contribution in [-0.4, -0.2) is 20.3 Å². The van der Waals surface area contributed by atoms with Crippen molar-refractivity contribution < 1.29 is 0 Å². The number of fused-ring (bicyclic) bond motifs is 1. The Kier molecular flexibility index (Phi) is 3.69. The second-order valence-corrected chi connectivity index (χ2v) is 7.68. The number of hydrogen-bond acceptors (Lipinski definition) is 4. The molecule has 1 aliphatic rings. The first kappa shape index (κ1) is 13.3. The Balaban J connectivity index is 1.80. The first-order valence-electron chi connectivity index (χ1n) is 7.37. The van der Waals surface area contributed by atoms with Gasteiger partial charge in [-0.15, -0.1) is 11.3 Å². The van der Waals surface area contributed by atoms with E-state index >= 15 is 0 Å². The molecule has 3 nitrogen and oxygen atoms in total. The number of aromatic nitrogens is 3. The van der Waals surface area contributed by atoms with Gasteiger partial charge in [-0.05, 0) is 42.2 Å². The van der Waals surface area contributed by atoms with Gasteiger partial charge in [0.1, 0.15) is 11.3 Å². The minimum Gasteiger partial charge on any atom is -0.306 e. The van der Waals surface area contributed by atoms with Crippen LogP contribution in [0.2, 0.25) is 0 Å². The Morgan fingerprint density at radius 1 is 1.24 bits per heavy atom. The number of thiophene rings is 1. The number of pyridine rings is 1. The van der Waals surface area contributed by atoms with Crippen molar-refractivity contribution in [3.63, 3.8) is 0 Å². The van der Waals surface area contributed by atoms with Crippen molar-refractivity contribution >= 4 is 34.3 Å². The molecule has 1 aliphatic heterocycles. The molecular weight excluding hydrogens is 298 g/mol. The molecule has 1 saturated heterocycles. The van der Waals surface area contributed by atoms with Crippen LogP contribution in [0.15, 0.2) is 35.8 Å². The van der Waals surface area contributed by atoms with Gasteiger partial charge in [-0.1, -0.05) is 12.5 Å². The highest BCUT2D eigenvalue weighted by atomic mass is 32.2. The summed E-state index contributed by atoms with van der Waals surface area (Å²) in [5.74, 6) is 2.46. The summed E-state index contributed by atoms with van der Waals surface area (Å²) in [7, 11) is 0. The van der Waals surface area contributed by atoms with E-state index in [0.29, 0.717) is 5.25 Å². The smallest absolute Gasteiger partial charge is 0.160 e. The average molecular weight is 315 g/mol. The van der Waals surface area contributed by atoms with Crippen LogP contribution < -0.4 is 0 Å². The molecular formula is C16H17N3S2. The minimum absolute atomic E-state index is 0.521. The number of hydrogen-bond donors (Lipinski definition) is 0. The molecule has 0 spiro atoms. The van der Waals surface area contributed by atoms with Crippen molar-refractivity contribution in [2.24, 2.45) is 0 Å². The largest absolute Gasteiger partial charge is 0.306 e. The topological polar surface area (TPSA) is 30.7 Å². The predicted molar refractivity (Wildman–Crippen MR) is 90.0 cm³/mol. The van der Waals surface area contributed by atoms with Gasteiger partial charge in [0.2, 0.25) is 0 Å². The summed E-state index contributed by atoms with van der Waals surface area (Å²) in [5.41, 5.74) is 2.04. The molecule has 4 heterocycles. The zero-order chi connectivity index (χ0) is 14.1. The summed E-state index contributed by atoms with van der Waals surface area (Å²) in [5, 5.41) is 2.66. The summed E-state index contributed by atoms with van der Waals surface area (Å²) in [6.07, 6.45) is 5.75. The Morgan fingerprint density at radius 3 is 3.05 bits per heavy atom. The molecule has 1 unspecified atom stereocenters. The van der Waals surface area contributed by atoms with Gasteiger partial charge in [-0.2, -0.15) is 11.8 Å². The zero-order valence-corrected chi connectivity index (χ0v) is 13.4. The third-order valence-electron chi connectivity index (χ3n) is 3.90. The van der Waals surface area contributed by atoms with Crippen LogP contribution >= 0.6 is 23.1 Å². The van der Waals surface area contributed by atoms with Gasteiger partial charge in [0, 0.05) is 11.1 Å². The van der Waals surface area contributed by atoms with E-state index in [0.717, 1.165) is 17.7 Å². The Labute approximate surface area is 132 Å². The fourth-order valence-electron chi connectivity index (χ4n) is 2.88. The van der Waals surface area contributed by atoms with Gasteiger partial charge >= 0.3 is 0 Å². The molecule has 0 N–H and O–H groups in total. The summed E-state index contributed by atoms with van der Waals surface area (Å²) in [6.45, 7) is 0.886. The van der Waals surface area contributed by atoms with Crippen molar-refractivity contribution in [2.45, 2.75) is 31.1 Å². The summed E-state index contributed by atoms with van der Waals surface area (Å²) < 4.78 is 2.32. The number of nitrogens with zero attached hydrogens (tertiary/aromatic N) is 3. The van der Waals surface area contributed by atoms with E-state index in [1.165, 1.54) is 35.7 Å². The Hall–Kier alpha value is -1.33. The van der Waals surface area contributed by atoms with Crippen molar-refractivity contribution in [3.8, 4) is 0 Å². The lowest BCUT2D eigenvalue weighted by molar-refractivity contribution is 0.633. The SMILES string of the molecule is c1csc(Cn2c(C3CCCCS3)nc3cccnc32)c1. The molecule has 0 bridgehead atoms. The van der Waals surface area contributed by atoms with Gasteiger partial charge in [-0.25, -0.2) is 9.97 Å². The monoisotopic (exact) mass is 315 g/mol. The summed E-state index contributed by atoms with van der Waals surface area (Å²) in [6, 6.07) is 8.35. The van der Waals surface area contributed by atoms with E-state index in [2.05, 4.69) is 44.9 Å². The molecule has 0 radical (unpaired) electrons. The van der Waals surface area contributed by atoms with Gasteiger partial charge in [-0.3, -0.25) is 0 Å². The lowest BCUT2D eigenvalue weighted by Crippen LogP contribution is -2.11. The number of rotatable bonds is 3. The van der Waals surface area contributed by atoms with Crippen LogP contribution in [0.1, 0.15) is 35.2 Å². The molecule has 0 aromatic carbocycles. The molecule has 0 aliphatic carbocycles. The quantitative estimate of drug-likeness (QED) is 0.713. The molecule has 5 heteroatoms. The maximum atomic E-state index is 4.90. The highest BCUT2D eigenvalue weighted by molar-refractivity contribution is 7.99. The molecule has 0 saturated carbocycles. The van der Waals surface area contributed by atoms with Gasteiger partial charge < -0.3 is 4.57 Å². The van der Waals surface area contributed by atoms with E-state index in [-0.39, 0.29) is 0 Å². The van der Waals surface area contributed by atoms with Crippen LogP contribution in [0.25, 0.3) is 11.2 Å². The van der Waals surface area contributed by atoms with Crippen molar-refractivity contribution in [2.75, 3.05) is 5.75 Å². The lowest BCUT2D eigenvalue weighted by Gasteiger charge is -2.21. The molecule has 1 fully saturated rings. The van der Waals surface area contributed by atoms with Gasteiger partial charge in [0.05, 0.1) is 11.8 Å². The van der Waals surface area contributed by atoms with E-state index in [4.69, 9.17) is 4.98 Å². The fourth-order valence-corrected chi connectivity index (χ4v) is 4.89. The third-order valence-corrected chi connectivity index (χ3v) is 6.13. The highest BCUT2D eigenvalue weighted by Crippen LogP contribution is 2.39. The molecule has 4 rings (SSSR count). The lowest BCUT2D eigenvalue weighted by atomic mass is 10.2. The molecule has 108 valence electrons. The van der Waals surface area contributed by atoms with Crippen LogP contribution in [0, 0.1) is 0 Å². The molecule has 3 aromatic rings. The zero-order valence-electron chi connectivity index (χ0n) is 11.7. The van der Waals surface area contributed by atoms with Crippen molar-refractivity contribution in [1.82, 2.24) is 14.5 Å². The highest BCUT2D eigenvalue weighted by Gasteiger charge is 2.23. The first-order chi connectivity index (χ1) is 10.4.